The molecular weight excluding hydrogens is 399 g/mol. The number of hydrogen-bond acceptors (Lipinski definition) is 4. The van der Waals surface area contributed by atoms with Gasteiger partial charge in [0.2, 0.25) is 0 Å². The van der Waals surface area contributed by atoms with Crippen LogP contribution in [0.2, 0.25) is 0 Å². The van der Waals surface area contributed by atoms with Crippen molar-refractivity contribution in [1.82, 2.24) is 20.0 Å². The van der Waals surface area contributed by atoms with E-state index in [4.69, 9.17) is 4.74 Å². The van der Waals surface area contributed by atoms with Gasteiger partial charge in [-0.3, -0.25) is 4.79 Å². The number of alkyl carbamates (subject to hydrolysis) is 1. The first-order valence-electron chi connectivity index (χ1n) is 10.6. The lowest BCUT2D eigenvalue weighted by Crippen LogP contribution is -2.37. The van der Waals surface area contributed by atoms with Crippen LogP contribution in [0, 0.1) is 25.6 Å². The Bertz CT molecular complexity index is 962. The van der Waals surface area contributed by atoms with E-state index in [-0.39, 0.29) is 23.7 Å². The van der Waals surface area contributed by atoms with Gasteiger partial charge in [-0.25, -0.2) is 13.9 Å². The summed E-state index contributed by atoms with van der Waals surface area (Å²) in [5.41, 5.74) is 2.08. The highest BCUT2D eigenvalue weighted by Crippen LogP contribution is 2.27. The molecule has 0 bridgehead atoms. The Morgan fingerprint density at radius 2 is 1.87 bits per heavy atom. The number of aromatic nitrogens is 2. The normalized spacial score (nSPS) is 18.9. The highest BCUT2D eigenvalue weighted by atomic mass is 19.1. The standard InChI is InChI=1S/C23H31FN4O3/c1-14-11-17(12-25-22(30)31-23(4,5)6)13-27(14)21(29)20-15(2)26-28(16(20)3)19-9-7-18(24)8-10-19/h7-10,14,17H,11-13H2,1-6H3,(H,25,30)/t14-,17-/m0/s1. The van der Waals surface area contributed by atoms with Crippen LogP contribution in [-0.4, -0.2) is 51.4 Å². The van der Waals surface area contributed by atoms with Gasteiger partial charge in [0.1, 0.15) is 11.4 Å². The number of rotatable bonds is 4. The predicted molar refractivity (Wildman–Crippen MR) is 116 cm³/mol. The fourth-order valence-corrected chi connectivity index (χ4v) is 4.04. The summed E-state index contributed by atoms with van der Waals surface area (Å²) in [4.78, 5) is 27.1. The summed E-state index contributed by atoms with van der Waals surface area (Å²) in [5.74, 6) is -0.242. The summed E-state index contributed by atoms with van der Waals surface area (Å²) in [6.07, 6.45) is 0.350. The van der Waals surface area contributed by atoms with Gasteiger partial charge in [-0.2, -0.15) is 5.10 Å². The lowest BCUT2D eigenvalue weighted by Gasteiger charge is -2.22. The van der Waals surface area contributed by atoms with Crippen molar-refractivity contribution in [1.29, 1.82) is 0 Å². The fraction of sp³-hybridized carbons (Fsp3) is 0.522. The molecule has 1 N–H and O–H groups in total. The molecule has 3 rings (SSSR count). The van der Waals surface area contributed by atoms with Crippen molar-refractivity contribution in [2.45, 2.75) is 59.6 Å². The van der Waals surface area contributed by atoms with Crippen molar-refractivity contribution in [2.75, 3.05) is 13.1 Å². The van der Waals surface area contributed by atoms with Gasteiger partial charge in [-0.15, -0.1) is 0 Å². The zero-order chi connectivity index (χ0) is 22.9. The van der Waals surface area contributed by atoms with Crippen LogP contribution in [0.5, 0.6) is 0 Å². The van der Waals surface area contributed by atoms with Gasteiger partial charge in [-0.05, 0) is 78.1 Å². The van der Waals surface area contributed by atoms with Crippen LogP contribution in [0.1, 0.15) is 55.9 Å². The minimum Gasteiger partial charge on any atom is -0.444 e. The zero-order valence-corrected chi connectivity index (χ0v) is 19.0. The van der Waals surface area contributed by atoms with Gasteiger partial charge in [0.15, 0.2) is 0 Å². The molecule has 31 heavy (non-hydrogen) atoms. The Labute approximate surface area is 182 Å². The molecule has 2 amide bonds. The summed E-state index contributed by atoms with van der Waals surface area (Å²) in [6.45, 7) is 12.1. The van der Waals surface area contributed by atoms with Crippen molar-refractivity contribution < 1.29 is 18.7 Å². The molecule has 1 aliphatic rings. The first kappa shape index (κ1) is 22.8. The van der Waals surface area contributed by atoms with E-state index >= 15 is 0 Å². The molecular formula is C23H31FN4O3. The number of carbonyl (C=O) groups is 2. The molecule has 0 spiro atoms. The fourth-order valence-electron chi connectivity index (χ4n) is 4.04. The van der Waals surface area contributed by atoms with E-state index in [1.807, 2.05) is 46.4 Å². The molecule has 7 nitrogen and oxygen atoms in total. The quantitative estimate of drug-likeness (QED) is 0.795. The average Bonchev–Trinajstić information content (AvgIpc) is 3.18. The average molecular weight is 431 g/mol. The number of nitrogens with one attached hydrogen (secondary N) is 1. The highest BCUT2D eigenvalue weighted by molar-refractivity contribution is 5.97. The van der Waals surface area contributed by atoms with Gasteiger partial charge in [0.05, 0.1) is 22.6 Å². The third-order valence-electron chi connectivity index (χ3n) is 5.43. The van der Waals surface area contributed by atoms with Crippen molar-refractivity contribution in [3.05, 3.63) is 47.0 Å². The summed E-state index contributed by atoms with van der Waals surface area (Å²) in [6, 6.07) is 6.07. The number of amides is 2. The van der Waals surface area contributed by atoms with Crippen molar-refractivity contribution in [2.24, 2.45) is 5.92 Å². The van der Waals surface area contributed by atoms with Crippen LogP contribution >= 0.6 is 0 Å². The van der Waals surface area contributed by atoms with E-state index in [0.29, 0.717) is 30.0 Å². The van der Waals surface area contributed by atoms with Crippen LogP contribution < -0.4 is 5.32 Å². The van der Waals surface area contributed by atoms with Crippen molar-refractivity contribution in [3.63, 3.8) is 0 Å². The molecule has 2 aromatic rings. The van der Waals surface area contributed by atoms with E-state index in [0.717, 1.165) is 12.1 Å². The summed E-state index contributed by atoms with van der Waals surface area (Å²) < 4.78 is 20.2. The second-order valence-corrected chi connectivity index (χ2v) is 9.23. The number of nitrogens with zero attached hydrogens (tertiary/aromatic N) is 3. The highest BCUT2D eigenvalue weighted by Gasteiger charge is 2.35. The molecule has 168 valence electrons. The smallest absolute Gasteiger partial charge is 0.407 e. The minimum atomic E-state index is -0.547. The number of aryl methyl sites for hydroxylation is 1. The first-order valence-corrected chi connectivity index (χ1v) is 10.6. The Morgan fingerprint density at radius 3 is 2.48 bits per heavy atom. The number of carbonyl (C=O) groups excluding carboxylic acids is 2. The monoisotopic (exact) mass is 430 g/mol. The van der Waals surface area contributed by atoms with Gasteiger partial charge in [0, 0.05) is 19.1 Å². The Balaban J connectivity index is 1.70. The zero-order valence-electron chi connectivity index (χ0n) is 19.0. The molecule has 0 aliphatic carbocycles. The first-order chi connectivity index (χ1) is 14.5. The molecule has 1 aromatic carbocycles. The maximum Gasteiger partial charge on any atom is 0.407 e. The van der Waals surface area contributed by atoms with Crippen LogP contribution in [0.25, 0.3) is 5.69 Å². The minimum absolute atomic E-state index is 0.0471. The number of hydrogen-bond donors (Lipinski definition) is 1. The van der Waals surface area contributed by atoms with Crippen molar-refractivity contribution in [3.8, 4) is 5.69 Å². The molecule has 2 atom stereocenters. The van der Waals surface area contributed by atoms with Crippen LogP contribution in [0.15, 0.2) is 24.3 Å². The Kier molecular flexibility index (Phi) is 6.38. The largest absolute Gasteiger partial charge is 0.444 e. The van der Waals surface area contributed by atoms with E-state index in [9.17, 15) is 14.0 Å². The topological polar surface area (TPSA) is 76.5 Å². The number of benzene rings is 1. The predicted octanol–water partition coefficient (Wildman–Crippen LogP) is 4.00. The van der Waals surface area contributed by atoms with Gasteiger partial charge >= 0.3 is 6.09 Å². The molecule has 0 unspecified atom stereocenters. The lowest BCUT2D eigenvalue weighted by molar-refractivity contribution is 0.0520. The van der Waals surface area contributed by atoms with E-state index in [1.54, 1.807) is 16.8 Å². The molecule has 0 saturated carbocycles. The third kappa shape index (κ3) is 5.24. The molecule has 1 aliphatic heterocycles. The maximum atomic E-state index is 13.4. The second-order valence-electron chi connectivity index (χ2n) is 9.23. The maximum absolute atomic E-state index is 13.4. The molecule has 1 aromatic heterocycles. The lowest BCUT2D eigenvalue weighted by atomic mass is 10.1. The van der Waals surface area contributed by atoms with E-state index in [2.05, 4.69) is 10.4 Å². The second kappa shape index (κ2) is 8.69. The number of halogens is 1. The van der Waals surface area contributed by atoms with E-state index in [1.165, 1.54) is 12.1 Å². The number of ether oxygens (including phenoxy) is 1. The third-order valence-corrected chi connectivity index (χ3v) is 5.43. The number of likely N-dealkylation sites (tertiary alicyclic amines) is 1. The SMILES string of the molecule is Cc1nn(-c2ccc(F)cc2)c(C)c1C(=O)N1C[C@H](CNC(=O)OC(C)(C)C)C[C@@H]1C. The Morgan fingerprint density at radius 1 is 1.23 bits per heavy atom. The van der Waals surface area contributed by atoms with Gasteiger partial charge < -0.3 is 15.0 Å². The van der Waals surface area contributed by atoms with Gasteiger partial charge in [-0.1, -0.05) is 0 Å². The molecule has 0 radical (unpaired) electrons. The van der Waals surface area contributed by atoms with Crippen LogP contribution in [0.3, 0.4) is 0 Å². The summed E-state index contributed by atoms with van der Waals surface area (Å²) >= 11 is 0. The van der Waals surface area contributed by atoms with Crippen molar-refractivity contribution >= 4 is 12.0 Å². The van der Waals surface area contributed by atoms with Gasteiger partial charge in [0.25, 0.3) is 5.91 Å². The Hall–Kier alpha value is -2.90. The van der Waals surface area contributed by atoms with E-state index < -0.39 is 11.7 Å². The molecule has 1 fully saturated rings. The van der Waals surface area contributed by atoms with Crippen LogP contribution in [0.4, 0.5) is 9.18 Å². The van der Waals surface area contributed by atoms with Crippen LogP contribution in [-0.2, 0) is 4.74 Å². The summed E-state index contributed by atoms with van der Waals surface area (Å²) in [7, 11) is 0. The molecule has 8 heteroatoms. The summed E-state index contributed by atoms with van der Waals surface area (Å²) in [5, 5.41) is 7.32. The molecule has 1 saturated heterocycles. The molecule has 2 heterocycles.